The van der Waals surface area contributed by atoms with Gasteiger partial charge in [0.2, 0.25) is 0 Å². The van der Waals surface area contributed by atoms with Gasteiger partial charge < -0.3 is 28.8 Å². The molecule has 0 spiro atoms. The van der Waals surface area contributed by atoms with Gasteiger partial charge in [0, 0.05) is 37.8 Å². The van der Waals surface area contributed by atoms with Crippen LogP contribution in [-0.4, -0.2) is 40.1 Å². The molecule has 0 bridgehead atoms. The number of rotatable bonds is 7. The standard InChI is InChI=1S/C24H18O11/c1-11(25)32-17-6-5-15(10-18(17)33-12(2)26)22-21(24(30)31)16-8-14(4-7-20(28)29)9-19(23(16)35-22)34-13(3)27/h4-10H,1-3H3,(H,28,29)(H,30,31)/b7-4+. The van der Waals surface area contributed by atoms with E-state index in [4.69, 9.17) is 23.7 Å². The summed E-state index contributed by atoms with van der Waals surface area (Å²) in [7, 11) is 0. The third-order valence-corrected chi connectivity index (χ3v) is 4.38. The molecule has 0 atom stereocenters. The van der Waals surface area contributed by atoms with Gasteiger partial charge in [0.15, 0.2) is 22.8 Å². The van der Waals surface area contributed by atoms with Crippen molar-refractivity contribution in [1.29, 1.82) is 0 Å². The zero-order valence-corrected chi connectivity index (χ0v) is 18.6. The smallest absolute Gasteiger partial charge is 0.340 e. The second-order valence-corrected chi connectivity index (χ2v) is 7.12. The van der Waals surface area contributed by atoms with E-state index in [1.807, 2.05) is 0 Å². The van der Waals surface area contributed by atoms with Gasteiger partial charge in [0.05, 0.1) is 0 Å². The van der Waals surface area contributed by atoms with E-state index in [0.717, 1.165) is 26.8 Å². The molecule has 0 saturated carbocycles. The second-order valence-electron chi connectivity index (χ2n) is 7.12. The minimum absolute atomic E-state index is 0.0226. The lowest BCUT2D eigenvalue weighted by atomic mass is 10.0. The van der Waals surface area contributed by atoms with Crippen molar-refractivity contribution in [3.05, 3.63) is 47.5 Å². The van der Waals surface area contributed by atoms with Crippen LogP contribution in [-0.2, 0) is 19.2 Å². The highest BCUT2D eigenvalue weighted by molar-refractivity contribution is 6.10. The Morgan fingerprint density at radius 2 is 1.40 bits per heavy atom. The monoisotopic (exact) mass is 482 g/mol. The summed E-state index contributed by atoms with van der Waals surface area (Å²) < 4.78 is 21.1. The summed E-state index contributed by atoms with van der Waals surface area (Å²) in [4.78, 5) is 57.7. The lowest BCUT2D eigenvalue weighted by Crippen LogP contribution is -2.07. The third-order valence-electron chi connectivity index (χ3n) is 4.38. The largest absolute Gasteiger partial charge is 0.478 e. The maximum absolute atomic E-state index is 12.2. The lowest BCUT2D eigenvalue weighted by molar-refractivity contribution is -0.134. The molecule has 1 heterocycles. The van der Waals surface area contributed by atoms with Crippen LogP contribution in [0.3, 0.4) is 0 Å². The average molecular weight is 482 g/mol. The second kappa shape index (κ2) is 9.91. The Bertz CT molecular complexity index is 1410. The number of esters is 3. The number of ether oxygens (including phenoxy) is 3. The molecule has 0 radical (unpaired) electrons. The van der Waals surface area contributed by atoms with Crippen LogP contribution in [0.4, 0.5) is 0 Å². The zero-order chi connectivity index (χ0) is 25.9. The van der Waals surface area contributed by atoms with E-state index in [0.29, 0.717) is 0 Å². The Morgan fingerprint density at radius 1 is 0.800 bits per heavy atom. The number of furan rings is 1. The number of fused-ring (bicyclic) bond motifs is 1. The van der Waals surface area contributed by atoms with Crippen LogP contribution in [0.25, 0.3) is 28.4 Å². The summed E-state index contributed by atoms with van der Waals surface area (Å²) in [5.74, 6) is -5.30. The van der Waals surface area contributed by atoms with Crippen LogP contribution in [0, 0.1) is 0 Å². The van der Waals surface area contributed by atoms with E-state index >= 15 is 0 Å². The number of aliphatic carboxylic acids is 1. The molecule has 180 valence electrons. The molecule has 0 amide bonds. The lowest BCUT2D eigenvalue weighted by Gasteiger charge is -2.10. The first-order chi connectivity index (χ1) is 16.5. The molecular formula is C24H18O11. The minimum Gasteiger partial charge on any atom is -0.478 e. The molecular weight excluding hydrogens is 464 g/mol. The van der Waals surface area contributed by atoms with Gasteiger partial charge in [-0.2, -0.15) is 0 Å². The van der Waals surface area contributed by atoms with E-state index in [-0.39, 0.29) is 50.7 Å². The summed E-state index contributed by atoms with van der Waals surface area (Å²) in [5, 5.41) is 18.9. The van der Waals surface area contributed by atoms with Crippen molar-refractivity contribution >= 4 is 46.9 Å². The molecule has 2 N–H and O–H groups in total. The molecule has 2 aromatic carbocycles. The zero-order valence-electron chi connectivity index (χ0n) is 18.6. The number of carboxylic acids is 2. The van der Waals surface area contributed by atoms with Crippen molar-refractivity contribution < 1.29 is 52.8 Å². The Balaban J connectivity index is 2.31. The van der Waals surface area contributed by atoms with E-state index < -0.39 is 29.8 Å². The Labute approximate surface area is 197 Å². The number of carbonyl (C=O) groups excluding carboxylic acids is 3. The molecule has 0 aliphatic carbocycles. The molecule has 0 fully saturated rings. The first kappa shape index (κ1) is 24.7. The predicted molar refractivity (Wildman–Crippen MR) is 119 cm³/mol. The summed E-state index contributed by atoms with van der Waals surface area (Å²) in [6, 6.07) is 6.60. The van der Waals surface area contributed by atoms with Crippen molar-refractivity contribution in [1.82, 2.24) is 0 Å². The Hall–Kier alpha value is -4.93. The third kappa shape index (κ3) is 5.71. The maximum atomic E-state index is 12.2. The van der Waals surface area contributed by atoms with Gasteiger partial charge >= 0.3 is 29.8 Å². The van der Waals surface area contributed by atoms with E-state index in [9.17, 15) is 29.1 Å². The fourth-order valence-corrected chi connectivity index (χ4v) is 3.22. The number of hydrogen-bond acceptors (Lipinski definition) is 9. The SMILES string of the molecule is CC(=O)Oc1ccc(-c2oc3c(OC(C)=O)cc(/C=C/C(=O)O)cc3c2C(=O)O)cc1OC(C)=O. The van der Waals surface area contributed by atoms with Crippen LogP contribution >= 0.6 is 0 Å². The van der Waals surface area contributed by atoms with Crippen molar-refractivity contribution in [2.24, 2.45) is 0 Å². The molecule has 3 rings (SSSR count). The highest BCUT2D eigenvalue weighted by Gasteiger charge is 2.26. The number of benzene rings is 2. The molecule has 11 heteroatoms. The Kier molecular flexibility index (Phi) is 7.00. The highest BCUT2D eigenvalue weighted by Crippen LogP contribution is 2.41. The summed E-state index contributed by atoms with van der Waals surface area (Å²) in [6.07, 6.45) is 2.03. The topological polar surface area (TPSA) is 167 Å². The van der Waals surface area contributed by atoms with Crippen LogP contribution < -0.4 is 14.2 Å². The van der Waals surface area contributed by atoms with E-state index in [2.05, 4.69) is 0 Å². The van der Waals surface area contributed by atoms with Crippen LogP contribution in [0.2, 0.25) is 0 Å². The van der Waals surface area contributed by atoms with Crippen LogP contribution in [0.5, 0.6) is 17.2 Å². The molecule has 0 saturated heterocycles. The van der Waals surface area contributed by atoms with Gasteiger partial charge in [0.1, 0.15) is 11.3 Å². The summed E-state index contributed by atoms with van der Waals surface area (Å²) in [5.41, 5.74) is -0.0369. The fourth-order valence-electron chi connectivity index (χ4n) is 3.22. The van der Waals surface area contributed by atoms with Crippen molar-refractivity contribution in [2.45, 2.75) is 20.8 Å². The molecule has 0 aliphatic rings. The number of hydrogen-bond donors (Lipinski definition) is 2. The summed E-state index contributed by atoms with van der Waals surface area (Å²) >= 11 is 0. The van der Waals surface area contributed by atoms with Gasteiger partial charge in [-0.3, -0.25) is 14.4 Å². The van der Waals surface area contributed by atoms with E-state index in [1.54, 1.807) is 0 Å². The first-order valence-corrected chi connectivity index (χ1v) is 9.90. The number of carboxylic acid groups (broad SMARTS) is 2. The van der Waals surface area contributed by atoms with E-state index in [1.165, 1.54) is 36.4 Å². The molecule has 1 aromatic heterocycles. The summed E-state index contributed by atoms with van der Waals surface area (Å²) in [6.45, 7) is 3.42. The van der Waals surface area contributed by atoms with Crippen molar-refractivity contribution in [3.8, 4) is 28.6 Å². The molecule has 0 aliphatic heterocycles. The van der Waals surface area contributed by atoms with Crippen molar-refractivity contribution in [3.63, 3.8) is 0 Å². The van der Waals surface area contributed by atoms with Gasteiger partial charge in [-0.25, -0.2) is 9.59 Å². The normalized spacial score (nSPS) is 10.8. The maximum Gasteiger partial charge on any atom is 0.340 e. The minimum atomic E-state index is -1.40. The van der Waals surface area contributed by atoms with Gasteiger partial charge in [-0.1, -0.05) is 0 Å². The molecule has 3 aromatic rings. The van der Waals surface area contributed by atoms with Gasteiger partial charge in [0.25, 0.3) is 0 Å². The van der Waals surface area contributed by atoms with Gasteiger partial charge in [-0.15, -0.1) is 0 Å². The highest BCUT2D eigenvalue weighted by atomic mass is 16.6. The number of carbonyl (C=O) groups is 5. The van der Waals surface area contributed by atoms with Crippen LogP contribution in [0.1, 0.15) is 36.7 Å². The van der Waals surface area contributed by atoms with Crippen molar-refractivity contribution in [2.75, 3.05) is 0 Å². The molecule has 11 nitrogen and oxygen atoms in total. The molecule has 0 unspecified atom stereocenters. The number of aromatic carboxylic acids is 1. The predicted octanol–water partition coefficient (Wildman–Crippen LogP) is 3.67. The first-order valence-electron chi connectivity index (χ1n) is 9.90. The van der Waals surface area contributed by atoms with Gasteiger partial charge in [-0.05, 0) is 42.0 Å². The average Bonchev–Trinajstić information content (AvgIpc) is 3.12. The molecule has 35 heavy (non-hydrogen) atoms. The van der Waals surface area contributed by atoms with Crippen LogP contribution in [0.15, 0.2) is 40.8 Å². The quantitative estimate of drug-likeness (QED) is 0.286. The fraction of sp³-hybridized carbons (Fsp3) is 0.125. The Morgan fingerprint density at radius 3 is 1.97 bits per heavy atom.